The predicted molar refractivity (Wildman–Crippen MR) is 191 cm³/mol. The number of nitrogens with zero attached hydrogens (tertiary/aromatic N) is 4. The van der Waals surface area contributed by atoms with Crippen molar-refractivity contribution < 1.29 is 24.1 Å². The number of piperidine rings is 2. The van der Waals surface area contributed by atoms with Crippen molar-refractivity contribution in [1.82, 2.24) is 18.9 Å². The van der Waals surface area contributed by atoms with Gasteiger partial charge in [-0.05, 0) is 101 Å². The molecule has 9 nitrogen and oxygen atoms in total. The van der Waals surface area contributed by atoms with Crippen LogP contribution in [0.5, 0.6) is 0 Å². The zero-order chi connectivity index (χ0) is 33.3. The smallest absolute Gasteiger partial charge is 0.334 e. The van der Waals surface area contributed by atoms with Crippen molar-refractivity contribution in [3.8, 4) is 0 Å². The van der Waals surface area contributed by atoms with Gasteiger partial charge in [-0.3, -0.25) is 0 Å². The molecule has 6 rings (SSSR count). The molecule has 4 heterocycles. The van der Waals surface area contributed by atoms with Crippen LogP contribution in [-0.4, -0.2) is 108 Å². The van der Waals surface area contributed by atoms with Crippen LogP contribution in [0.1, 0.15) is 62.5 Å². The van der Waals surface area contributed by atoms with Gasteiger partial charge in [-0.1, -0.05) is 36.4 Å². The number of hydrogen-bond donors (Lipinski definition) is 1. The minimum Gasteiger partial charge on any atom is -0.479 e. The van der Waals surface area contributed by atoms with Crippen molar-refractivity contribution in [3.05, 3.63) is 72.1 Å². The average molecular weight is 659 g/mol. The SMILES string of the molecule is CCOCCn1cc(C2CCN(CCOC(CN3CCC(c4cn(CCOCC)c5ccccc45)CC3)C(=O)O)CC2)c2ccccc21. The van der Waals surface area contributed by atoms with Gasteiger partial charge in [0.2, 0.25) is 0 Å². The van der Waals surface area contributed by atoms with Crippen molar-refractivity contribution >= 4 is 27.8 Å². The number of carbonyl (C=O) groups is 1. The van der Waals surface area contributed by atoms with Gasteiger partial charge in [-0.2, -0.15) is 0 Å². The molecule has 0 aliphatic carbocycles. The summed E-state index contributed by atoms with van der Waals surface area (Å²) in [6.07, 6.45) is 8.10. The van der Waals surface area contributed by atoms with E-state index in [9.17, 15) is 9.90 Å². The number of hydrogen-bond acceptors (Lipinski definition) is 6. The van der Waals surface area contributed by atoms with Gasteiger partial charge in [0.05, 0.1) is 19.8 Å². The number of aliphatic carboxylic acids is 1. The molecule has 0 saturated carbocycles. The fourth-order valence-electron chi connectivity index (χ4n) is 7.84. The fraction of sp³-hybridized carbons (Fsp3) is 0.564. The Morgan fingerprint density at radius 1 is 0.708 bits per heavy atom. The highest BCUT2D eigenvalue weighted by molar-refractivity contribution is 5.85. The molecule has 0 radical (unpaired) electrons. The van der Waals surface area contributed by atoms with Gasteiger partial charge < -0.3 is 38.3 Å². The number of ether oxygens (including phenoxy) is 3. The van der Waals surface area contributed by atoms with Crippen LogP contribution in [0, 0.1) is 0 Å². The highest BCUT2D eigenvalue weighted by atomic mass is 16.5. The van der Waals surface area contributed by atoms with Crippen LogP contribution in [0.15, 0.2) is 60.9 Å². The zero-order valence-electron chi connectivity index (χ0n) is 28.9. The van der Waals surface area contributed by atoms with Crippen LogP contribution in [0.4, 0.5) is 0 Å². The van der Waals surface area contributed by atoms with Gasteiger partial charge in [-0.15, -0.1) is 0 Å². The van der Waals surface area contributed by atoms with Gasteiger partial charge in [-0.25, -0.2) is 4.79 Å². The van der Waals surface area contributed by atoms with Crippen molar-refractivity contribution in [2.45, 2.75) is 70.6 Å². The minimum absolute atomic E-state index is 0.438. The summed E-state index contributed by atoms with van der Waals surface area (Å²) >= 11 is 0. The lowest BCUT2D eigenvalue weighted by Crippen LogP contribution is -2.43. The largest absolute Gasteiger partial charge is 0.479 e. The number of fused-ring (bicyclic) bond motifs is 2. The van der Waals surface area contributed by atoms with Crippen LogP contribution in [0.3, 0.4) is 0 Å². The third-order valence-electron chi connectivity index (χ3n) is 10.5. The van der Waals surface area contributed by atoms with E-state index in [4.69, 9.17) is 14.2 Å². The number of aromatic nitrogens is 2. The van der Waals surface area contributed by atoms with Crippen LogP contribution >= 0.6 is 0 Å². The summed E-state index contributed by atoms with van der Waals surface area (Å²) in [6.45, 7) is 14.1. The molecule has 2 aromatic carbocycles. The molecule has 260 valence electrons. The quantitative estimate of drug-likeness (QED) is 0.135. The van der Waals surface area contributed by atoms with Crippen LogP contribution in [-0.2, 0) is 32.1 Å². The Balaban J connectivity index is 0.959. The van der Waals surface area contributed by atoms with Crippen LogP contribution in [0.2, 0.25) is 0 Å². The maximum Gasteiger partial charge on any atom is 0.334 e. The summed E-state index contributed by atoms with van der Waals surface area (Å²) in [6, 6.07) is 17.4. The summed E-state index contributed by atoms with van der Waals surface area (Å²) in [4.78, 5) is 16.9. The molecule has 2 saturated heterocycles. The number of carboxylic acid groups (broad SMARTS) is 1. The van der Waals surface area contributed by atoms with E-state index in [-0.39, 0.29) is 0 Å². The molecule has 2 aromatic heterocycles. The van der Waals surface area contributed by atoms with E-state index in [0.29, 0.717) is 31.6 Å². The molecule has 1 N–H and O–H groups in total. The fourth-order valence-corrected chi connectivity index (χ4v) is 7.84. The lowest BCUT2D eigenvalue weighted by atomic mass is 9.89. The standard InChI is InChI=1S/C39H54N4O5/c1-3-46-24-22-42-27-34(32-9-5-7-11-36(32)42)30-13-17-40(18-14-30)21-26-48-38(39(44)45)29-41-19-15-31(16-20-41)35-28-43(23-25-47-4-2)37-12-8-6-10-33(35)37/h5-12,27-28,30-31,38H,3-4,13-26,29H2,1-2H3,(H,44,45). The summed E-state index contributed by atoms with van der Waals surface area (Å²) in [5.74, 6) is 0.133. The van der Waals surface area contributed by atoms with Gasteiger partial charge in [0.15, 0.2) is 6.10 Å². The molecular formula is C39H54N4O5. The van der Waals surface area contributed by atoms with Gasteiger partial charge in [0.25, 0.3) is 0 Å². The third-order valence-corrected chi connectivity index (χ3v) is 10.5. The number of carboxylic acids is 1. The highest BCUT2D eigenvalue weighted by Crippen LogP contribution is 2.36. The van der Waals surface area contributed by atoms with Gasteiger partial charge >= 0.3 is 5.97 Å². The first-order chi connectivity index (χ1) is 23.6. The van der Waals surface area contributed by atoms with E-state index in [0.717, 1.165) is 91.3 Å². The average Bonchev–Trinajstić information content (AvgIpc) is 3.67. The van der Waals surface area contributed by atoms with E-state index in [1.165, 1.54) is 32.9 Å². The Labute approximate surface area is 285 Å². The van der Waals surface area contributed by atoms with Gasteiger partial charge in [0.1, 0.15) is 0 Å². The molecule has 2 aliphatic rings. The maximum atomic E-state index is 12.2. The molecule has 48 heavy (non-hydrogen) atoms. The lowest BCUT2D eigenvalue weighted by Gasteiger charge is -2.34. The highest BCUT2D eigenvalue weighted by Gasteiger charge is 2.29. The number of benzene rings is 2. The monoisotopic (exact) mass is 658 g/mol. The summed E-state index contributed by atoms with van der Waals surface area (Å²) in [7, 11) is 0. The van der Waals surface area contributed by atoms with Crippen molar-refractivity contribution in [2.75, 3.05) is 72.3 Å². The van der Waals surface area contributed by atoms with E-state index >= 15 is 0 Å². The van der Waals surface area contributed by atoms with Crippen molar-refractivity contribution in [1.29, 1.82) is 0 Å². The molecular weight excluding hydrogens is 604 g/mol. The summed E-state index contributed by atoms with van der Waals surface area (Å²) < 4.78 is 22.0. The van der Waals surface area contributed by atoms with Crippen LogP contribution in [0.25, 0.3) is 21.8 Å². The molecule has 2 fully saturated rings. The number of likely N-dealkylation sites (tertiary alicyclic amines) is 2. The molecule has 0 amide bonds. The number of rotatable bonds is 17. The van der Waals surface area contributed by atoms with E-state index in [1.807, 2.05) is 13.8 Å². The first kappa shape index (κ1) is 34.6. The zero-order valence-corrected chi connectivity index (χ0v) is 28.9. The second-order valence-electron chi connectivity index (χ2n) is 13.4. The van der Waals surface area contributed by atoms with Crippen LogP contribution < -0.4 is 0 Å². The molecule has 0 spiro atoms. The Kier molecular flexibility index (Phi) is 12.2. The summed E-state index contributed by atoms with van der Waals surface area (Å²) in [5, 5.41) is 12.7. The second kappa shape index (κ2) is 16.9. The first-order valence-electron chi connectivity index (χ1n) is 18.2. The van der Waals surface area contributed by atoms with Crippen molar-refractivity contribution in [2.24, 2.45) is 0 Å². The topological polar surface area (TPSA) is 81.3 Å². The predicted octanol–water partition coefficient (Wildman–Crippen LogP) is 6.20. The van der Waals surface area contributed by atoms with E-state index in [2.05, 4.69) is 79.9 Å². The molecule has 1 atom stereocenters. The van der Waals surface area contributed by atoms with E-state index in [1.54, 1.807) is 0 Å². The first-order valence-corrected chi connectivity index (χ1v) is 18.2. The molecule has 4 aromatic rings. The Morgan fingerprint density at radius 2 is 1.19 bits per heavy atom. The number of para-hydroxylation sites is 2. The molecule has 1 unspecified atom stereocenters. The Morgan fingerprint density at radius 3 is 1.67 bits per heavy atom. The van der Waals surface area contributed by atoms with Crippen molar-refractivity contribution in [3.63, 3.8) is 0 Å². The molecule has 9 heteroatoms. The Hall–Kier alpha value is -3.21. The Bertz CT molecular complexity index is 1600. The van der Waals surface area contributed by atoms with Gasteiger partial charge in [0, 0.05) is 73.6 Å². The maximum absolute atomic E-state index is 12.2. The summed E-state index contributed by atoms with van der Waals surface area (Å²) in [5.41, 5.74) is 5.40. The van der Waals surface area contributed by atoms with E-state index < -0.39 is 12.1 Å². The third kappa shape index (κ3) is 8.32. The minimum atomic E-state index is -0.867. The normalized spacial score (nSPS) is 17.9. The lowest BCUT2D eigenvalue weighted by molar-refractivity contribution is -0.152. The second-order valence-corrected chi connectivity index (χ2v) is 13.4. The molecule has 0 bridgehead atoms. The molecule has 2 aliphatic heterocycles.